The van der Waals surface area contributed by atoms with Crippen molar-refractivity contribution in [3.8, 4) is 5.88 Å². The molecule has 1 fully saturated rings. The van der Waals surface area contributed by atoms with Gasteiger partial charge in [0.05, 0.1) is 11.5 Å². The van der Waals surface area contributed by atoms with Crippen LogP contribution in [0.3, 0.4) is 0 Å². The molecule has 1 N–H and O–H groups in total. The topological polar surface area (TPSA) is 97.6 Å². The molecule has 0 bridgehead atoms. The number of aromatic nitrogens is 1. The molecule has 0 aliphatic carbocycles. The van der Waals surface area contributed by atoms with E-state index in [2.05, 4.69) is 10.3 Å². The molecule has 148 valence electrons. The van der Waals surface area contributed by atoms with Crippen LogP contribution in [0, 0.1) is 10.1 Å². The lowest BCUT2D eigenvalue weighted by molar-refractivity contribution is -0.384. The number of pyridine rings is 1. The summed E-state index contributed by atoms with van der Waals surface area (Å²) in [6.45, 7) is 4.38. The molecule has 1 aromatic heterocycles. The zero-order valence-corrected chi connectivity index (χ0v) is 15.9. The molecule has 8 heteroatoms. The maximum Gasteiger partial charge on any atom is 0.293 e. The van der Waals surface area contributed by atoms with Crippen LogP contribution in [0.15, 0.2) is 36.5 Å². The third kappa shape index (κ3) is 4.57. The molecule has 1 saturated heterocycles. The Morgan fingerprint density at radius 1 is 1.32 bits per heavy atom. The number of nitro benzene ring substituents is 1. The number of hydrogen-bond donors (Lipinski definition) is 1. The van der Waals surface area contributed by atoms with Crippen LogP contribution >= 0.6 is 0 Å². The van der Waals surface area contributed by atoms with Crippen molar-refractivity contribution >= 4 is 17.3 Å². The predicted molar refractivity (Wildman–Crippen MR) is 106 cm³/mol. The third-order valence-electron chi connectivity index (χ3n) is 4.61. The van der Waals surface area contributed by atoms with Gasteiger partial charge in [-0.25, -0.2) is 4.98 Å². The fraction of sp³-hybridized carbons (Fsp3) is 0.400. The van der Waals surface area contributed by atoms with Crippen molar-refractivity contribution in [2.45, 2.75) is 32.7 Å². The maximum atomic E-state index is 12.5. The van der Waals surface area contributed by atoms with Crippen molar-refractivity contribution in [1.82, 2.24) is 10.3 Å². The van der Waals surface area contributed by atoms with E-state index >= 15 is 0 Å². The van der Waals surface area contributed by atoms with Crippen LogP contribution < -0.4 is 15.0 Å². The van der Waals surface area contributed by atoms with E-state index in [-0.39, 0.29) is 23.7 Å². The van der Waals surface area contributed by atoms with Crippen LogP contribution in [0.25, 0.3) is 0 Å². The number of hydrogen-bond acceptors (Lipinski definition) is 6. The Morgan fingerprint density at radius 3 is 2.82 bits per heavy atom. The normalized spacial score (nSPS) is 13.4. The Labute approximate surface area is 163 Å². The molecule has 1 amide bonds. The molecular formula is C20H24N4O4. The molecule has 0 radical (unpaired) electrons. The highest BCUT2D eigenvalue weighted by atomic mass is 16.6. The molecule has 0 spiro atoms. The molecule has 2 heterocycles. The van der Waals surface area contributed by atoms with Crippen molar-refractivity contribution in [2.75, 3.05) is 24.6 Å². The molecule has 2 aromatic rings. The van der Waals surface area contributed by atoms with Crippen LogP contribution in [0.4, 0.5) is 11.4 Å². The average molecular weight is 384 g/mol. The second-order valence-corrected chi connectivity index (χ2v) is 6.65. The molecule has 0 unspecified atom stereocenters. The van der Waals surface area contributed by atoms with Gasteiger partial charge in [-0.3, -0.25) is 14.9 Å². The summed E-state index contributed by atoms with van der Waals surface area (Å²) in [6.07, 6.45) is 4.53. The minimum absolute atomic E-state index is 0.0390. The molecule has 1 aromatic carbocycles. The minimum Gasteiger partial charge on any atom is -0.477 e. The summed E-state index contributed by atoms with van der Waals surface area (Å²) in [5.74, 6) is 0.112. The number of carbonyl (C=O) groups is 1. The Morgan fingerprint density at radius 2 is 2.11 bits per heavy atom. The smallest absolute Gasteiger partial charge is 0.293 e. The van der Waals surface area contributed by atoms with Crippen molar-refractivity contribution in [1.29, 1.82) is 0 Å². The van der Waals surface area contributed by atoms with E-state index in [0.29, 0.717) is 18.2 Å². The Bertz CT molecular complexity index is 850. The first kappa shape index (κ1) is 19.6. The molecule has 28 heavy (non-hydrogen) atoms. The molecule has 1 aliphatic heterocycles. The summed E-state index contributed by atoms with van der Waals surface area (Å²) in [5, 5.41) is 14.3. The van der Waals surface area contributed by atoms with Crippen LogP contribution in [0.2, 0.25) is 0 Å². The molecule has 3 rings (SSSR count). The zero-order chi connectivity index (χ0) is 19.9. The van der Waals surface area contributed by atoms with E-state index < -0.39 is 4.92 Å². The maximum absolute atomic E-state index is 12.5. The average Bonchev–Trinajstić information content (AvgIpc) is 3.25. The van der Waals surface area contributed by atoms with Gasteiger partial charge in [-0.05, 0) is 37.5 Å². The monoisotopic (exact) mass is 384 g/mol. The van der Waals surface area contributed by atoms with Gasteiger partial charge in [0.2, 0.25) is 5.88 Å². The van der Waals surface area contributed by atoms with Crippen LogP contribution in [0.5, 0.6) is 5.88 Å². The number of nitrogens with one attached hydrogen (secondary N) is 1. The van der Waals surface area contributed by atoms with Gasteiger partial charge in [-0.1, -0.05) is 13.0 Å². The molecule has 0 saturated carbocycles. The summed E-state index contributed by atoms with van der Waals surface area (Å²) >= 11 is 0. The second-order valence-electron chi connectivity index (χ2n) is 6.65. The molecule has 0 atom stereocenters. The SMILES string of the molecule is CCCOc1ncccc1CNC(=O)c1ccc(N2CCCC2)c([N+](=O)[O-])c1. The minimum atomic E-state index is -0.428. The summed E-state index contributed by atoms with van der Waals surface area (Å²) in [4.78, 5) is 29.8. The Hall–Kier alpha value is -3.16. The van der Waals surface area contributed by atoms with Crippen molar-refractivity contribution < 1.29 is 14.5 Å². The third-order valence-corrected chi connectivity index (χ3v) is 4.61. The van der Waals surface area contributed by atoms with Crippen molar-refractivity contribution in [2.24, 2.45) is 0 Å². The lowest BCUT2D eigenvalue weighted by atomic mass is 10.1. The van der Waals surface area contributed by atoms with Crippen LogP contribution in [-0.2, 0) is 6.54 Å². The number of amides is 1. The number of carbonyl (C=O) groups excluding carboxylic acids is 1. The van der Waals surface area contributed by atoms with Gasteiger partial charge in [-0.15, -0.1) is 0 Å². The largest absolute Gasteiger partial charge is 0.477 e. The first-order chi connectivity index (χ1) is 13.6. The van der Waals surface area contributed by atoms with E-state index in [1.54, 1.807) is 24.4 Å². The van der Waals surface area contributed by atoms with Crippen LogP contribution in [0.1, 0.15) is 42.1 Å². The highest BCUT2D eigenvalue weighted by molar-refractivity contribution is 5.95. The number of anilines is 1. The molecule has 8 nitrogen and oxygen atoms in total. The van der Waals surface area contributed by atoms with Gasteiger partial charge in [0.15, 0.2) is 0 Å². The lowest BCUT2D eigenvalue weighted by Crippen LogP contribution is -2.24. The van der Waals surface area contributed by atoms with E-state index in [1.165, 1.54) is 6.07 Å². The number of nitrogens with zero attached hydrogens (tertiary/aromatic N) is 3. The number of nitro groups is 1. The quantitative estimate of drug-likeness (QED) is 0.554. The first-order valence-electron chi connectivity index (χ1n) is 9.48. The van der Waals surface area contributed by atoms with E-state index in [4.69, 9.17) is 4.74 Å². The zero-order valence-electron chi connectivity index (χ0n) is 15.9. The summed E-state index contributed by atoms with van der Waals surface area (Å²) in [6, 6.07) is 8.25. The van der Waals surface area contributed by atoms with Crippen molar-refractivity contribution in [3.05, 3.63) is 57.8 Å². The fourth-order valence-electron chi connectivity index (χ4n) is 3.20. The number of ether oxygens (including phenoxy) is 1. The van der Waals surface area contributed by atoms with Crippen LogP contribution in [-0.4, -0.2) is 35.5 Å². The highest BCUT2D eigenvalue weighted by Crippen LogP contribution is 2.31. The Balaban J connectivity index is 1.73. The van der Waals surface area contributed by atoms with Gasteiger partial charge in [-0.2, -0.15) is 0 Å². The summed E-state index contributed by atoms with van der Waals surface area (Å²) in [5.41, 5.74) is 1.55. The fourth-order valence-corrected chi connectivity index (χ4v) is 3.20. The summed E-state index contributed by atoms with van der Waals surface area (Å²) < 4.78 is 5.59. The van der Waals surface area contributed by atoms with E-state index in [9.17, 15) is 14.9 Å². The number of benzene rings is 1. The van der Waals surface area contributed by atoms with Crippen molar-refractivity contribution in [3.63, 3.8) is 0 Å². The highest BCUT2D eigenvalue weighted by Gasteiger charge is 2.23. The predicted octanol–water partition coefficient (Wildman–Crippen LogP) is 3.31. The second kappa shape index (κ2) is 9.16. The van der Waals surface area contributed by atoms with Gasteiger partial charge < -0.3 is 15.0 Å². The molecular weight excluding hydrogens is 360 g/mol. The van der Waals surface area contributed by atoms with E-state index in [1.807, 2.05) is 17.9 Å². The first-order valence-corrected chi connectivity index (χ1v) is 9.48. The van der Waals surface area contributed by atoms with Gasteiger partial charge in [0.25, 0.3) is 11.6 Å². The Kier molecular flexibility index (Phi) is 6.41. The lowest BCUT2D eigenvalue weighted by Gasteiger charge is -2.18. The summed E-state index contributed by atoms with van der Waals surface area (Å²) in [7, 11) is 0. The standard InChI is InChI=1S/C20H24N4O4/c1-2-12-28-20-16(6-5-9-21-20)14-22-19(25)15-7-8-17(18(13-15)24(26)27)23-10-3-4-11-23/h5-9,13H,2-4,10-12,14H2,1H3,(H,22,25). The van der Waals surface area contributed by atoms with Gasteiger partial charge in [0.1, 0.15) is 5.69 Å². The van der Waals surface area contributed by atoms with Gasteiger partial charge in [0, 0.05) is 43.0 Å². The van der Waals surface area contributed by atoms with Gasteiger partial charge >= 0.3 is 0 Å². The number of rotatable bonds is 8. The molecule has 1 aliphatic rings. The van der Waals surface area contributed by atoms with E-state index in [0.717, 1.165) is 37.9 Å².